The van der Waals surface area contributed by atoms with E-state index >= 15 is 0 Å². The van der Waals surface area contributed by atoms with Gasteiger partial charge in [-0.1, -0.05) is 0 Å². The number of nitrogens with zero attached hydrogens (tertiary/aromatic N) is 2. The zero-order valence-electron chi connectivity index (χ0n) is 13.4. The topological polar surface area (TPSA) is 94.8 Å². The number of methoxy groups -OCH3 is 1. The molecule has 2 amide bonds. The molecule has 2 N–H and O–H groups in total. The Kier molecular flexibility index (Phi) is 4.89. The van der Waals surface area contributed by atoms with Crippen molar-refractivity contribution >= 4 is 27.7 Å². The van der Waals surface area contributed by atoms with Gasteiger partial charge in [-0.2, -0.15) is 0 Å². The minimum absolute atomic E-state index is 0.0989. The van der Waals surface area contributed by atoms with Crippen LogP contribution in [0.15, 0.2) is 41.0 Å². The zero-order valence-corrected chi connectivity index (χ0v) is 15.0. The fourth-order valence-corrected chi connectivity index (χ4v) is 2.87. The number of ether oxygens (including phenoxy) is 2. The molecule has 0 saturated carbocycles. The van der Waals surface area contributed by atoms with Crippen molar-refractivity contribution in [2.24, 2.45) is 5.73 Å². The molecular formula is C17H16BrN3O4. The van der Waals surface area contributed by atoms with Crippen LogP contribution in [0.2, 0.25) is 0 Å². The van der Waals surface area contributed by atoms with Crippen molar-refractivity contribution in [2.45, 2.75) is 6.10 Å². The minimum atomic E-state index is -0.612. The third-order valence-electron chi connectivity index (χ3n) is 3.83. The summed E-state index contributed by atoms with van der Waals surface area (Å²) >= 11 is 3.39. The highest BCUT2D eigenvalue weighted by Gasteiger charge is 2.33. The molecule has 1 fully saturated rings. The van der Waals surface area contributed by atoms with E-state index in [9.17, 15) is 9.59 Å². The van der Waals surface area contributed by atoms with Crippen LogP contribution in [0.3, 0.4) is 0 Å². The second-order valence-corrected chi connectivity index (χ2v) is 6.39. The first-order chi connectivity index (χ1) is 12.0. The maximum Gasteiger partial charge on any atom is 0.267 e. The number of primary amides is 1. The molecule has 0 spiro atoms. The minimum Gasteiger partial charge on any atom is -0.497 e. The Morgan fingerprint density at radius 2 is 2.00 bits per heavy atom. The largest absolute Gasteiger partial charge is 0.497 e. The van der Waals surface area contributed by atoms with E-state index in [1.165, 1.54) is 12.3 Å². The highest BCUT2D eigenvalue weighted by Crippen LogP contribution is 2.26. The summed E-state index contributed by atoms with van der Waals surface area (Å²) < 4.78 is 11.6. The maximum absolute atomic E-state index is 12.6. The lowest BCUT2D eigenvalue weighted by Gasteiger charge is -2.39. The zero-order chi connectivity index (χ0) is 18.0. The number of halogens is 1. The summed E-state index contributed by atoms with van der Waals surface area (Å²) in [7, 11) is 1.56. The van der Waals surface area contributed by atoms with Crippen LogP contribution in [-0.4, -0.2) is 48.0 Å². The number of carbonyl (C=O) groups excluding carboxylic acids is 2. The Morgan fingerprint density at radius 1 is 1.24 bits per heavy atom. The molecular weight excluding hydrogens is 390 g/mol. The monoisotopic (exact) mass is 405 g/mol. The Labute approximate surface area is 152 Å². The fourth-order valence-electron chi connectivity index (χ4n) is 2.46. The van der Waals surface area contributed by atoms with Gasteiger partial charge in [0.1, 0.15) is 23.3 Å². The third kappa shape index (κ3) is 3.74. The predicted molar refractivity (Wildman–Crippen MR) is 93.8 cm³/mol. The molecule has 0 unspecified atom stereocenters. The summed E-state index contributed by atoms with van der Waals surface area (Å²) in [4.78, 5) is 29.3. The molecule has 2 heterocycles. The first-order valence-electron chi connectivity index (χ1n) is 7.53. The first-order valence-corrected chi connectivity index (χ1v) is 8.32. The molecule has 0 bridgehead atoms. The number of carbonyl (C=O) groups is 2. The van der Waals surface area contributed by atoms with Crippen molar-refractivity contribution in [1.29, 1.82) is 0 Å². The lowest BCUT2D eigenvalue weighted by Crippen LogP contribution is -2.56. The fraction of sp³-hybridized carbons (Fsp3) is 0.235. The number of benzene rings is 1. The molecule has 130 valence electrons. The highest BCUT2D eigenvalue weighted by atomic mass is 79.9. The van der Waals surface area contributed by atoms with Crippen LogP contribution in [0.25, 0.3) is 0 Å². The van der Waals surface area contributed by atoms with Crippen LogP contribution in [0.5, 0.6) is 11.5 Å². The van der Waals surface area contributed by atoms with Gasteiger partial charge >= 0.3 is 0 Å². The van der Waals surface area contributed by atoms with Gasteiger partial charge in [0.2, 0.25) is 0 Å². The second kappa shape index (κ2) is 7.10. The molecule has 1 aromatic carbocycles. The van der Waals surface area contributed by atoms with Gasteiger partial charge in [-0.3, -0.25) is 14.6 Å². The molecule has 0 radical (unpaired) electrons. The van der Waals surface area contributed by atoms with E-state index in [2.05, 4.69) is 20.9 Å². The molecule has 8 heteroatoms. The summed E-state index contributed by atoms with van der Waals surface area (Å²) in [6.07, 6.45) is 1.32. The van der Waals surface area contributed by atoms with Crippen LogP contribution < -0.4 is 15.2 Å². The Morgan fingerprint density at radius 3 is 2.68 bits per heavy atom. The van der Waals surface area contributed by atoms with Gasteiger partial charge in [-0.25, -0.2) is 0 Å². The van der Waals surface area contributed by atoms with Crippen molar-refractivity contribution < 1.29 is 19.1 Å². The van der Waals surface area contributed by atoms with Crippen molar-refractivity contribution in [3.63, 3.8) is 0 Å². The number of hydrogen-bond acceptors (Lipinski definition) is 5. The molecule has 0 atom stereocenters. The number of nitrogens with two attached hydrogens (primary N) is 1. The standard InChI is InChI=1S/C17H16BrN3O4/c1-24-10-2-3-14(18)13(6-10)17(23)21-8-12(9-21)25-11-4-5-20-15(7-11)16(19)22/h2-7,12H,8-9H2,1H3,(H2,19,22). The van der Waals surface area contributed by atoms with Gasteiger partial charge in [-0.15, -0.1) is 0 Å². The number of pyridine rings is 1. The van der Waals surface area contributed by atoms with Gasteiger partial charge in [0.15, 0.2) is 0 Å². The van der Waals surface area contributed by atoms with Gasteiger partial charge in [0.25, 0.3) is 11.8 Å². The molecule has 25 heavy (non-hydrogen) atoms. The van der Waals surface area contributed by atoms with E-state index in [0.29, 0.717) is 34.6 Å². The van der Waals surface area contributed by atoms with Crippen molar-refractivity contribution in [3.05, 3.63) is 52.3 Å². The van der Waals surface area contributed by atoms with Gasteiger partial charge in [0, 0.05) is 16.7 Å². The highest BCUT2D eigenvalue weighted by molar-refractivity contribution is 9.10. The van der Waals surface area contributed by atoms with Crippen LogP contribution in [0, 0.1) is 0 Å². The summed E-state index contributed by atoms with van der Waals surface area (Å²) in [6.45, 7) is 0.910. The van der Waals surface area contributed by atoms with Crippen molar-refractivity contribution in [2.75, 3.05) is 20.2 Å². The van der Waals surface area contributed by atoms with Gasteiger partial charge in [0.05, 0.1) is 25.8 Å². The van der Waals surface area contributed by atoms with Gasteiger partial charge in [-0.05, 0) is 40.2 Å². The summed E-state index contributed by atoms with van der Waals surface area (Å²) in [5.74, 6) is 0.413. The number of amides is 2. The smallest absolute Gasteiger partial charge is 0.267 e. The Bertz CT molecular complexity index is 821. The molecule has 0 aliphatic carbocycles. The number of likely N-dealkylation sites (tertiary alicyclic amines) is 1. The number of hydrogen-bond donors (Lipinski definition) is 1. The quantitative estimate of drug-likeness (QED) is 0.818. The van der Waals surface area contributed by atoms with E-state index in [1.54, 1.807) is 36.3 Å². The average molecular weight is 406 g/mol. The number of rotatable bonds is 5. The van der Waals surface area contributed by atoms with Crippen molar-refractivity contribution in [3.8, 4) is 11.5 Å². The van der Waals surface area contributed by atoms with Crippen LogP contribution in [0.4, 0.5) is 0 Å². The summed E-state index contributed by atoms with van der Waals surface area (Å²) in [5, 5.41) is 0. The number of aromatic nitrogens is 1. The lowest BCUT2D eigenvalue weighted by molar-refractivity contribution is 0.0176. The molecule has 1 saturated heterocycles. The predicted octanol–water partition coefficient (Wildman–Crippen LogP) is 1.86. The normalized spacial score (nSPS) is 13.9. The molecule has 1 aromatic heterocycles. The Hall–Kier alpha value is -2.61. The lowest BCUT2D eigenvalue weighted by atomic mass is 10.1. The first kappa shape index (κ1) is 17.2. The summed E-state index contributed by atoms with van der Waals surface area (Å²) in [6, 6.07) is 8.40. The van der Waals surface area contributed by atoms with E-state index in [4.69, 9.17) is 15.2 Å². The average Bonchev–Trinajstić information content (AvgIpc) is 2.58. The third-order valence-corrected chi connectivity index (χ3v) is 4.52. The van der Waals surface area contributed by atoms with Crippen molar-refractivity contribution in [1.82, 2.24) is 9.88 Å². The second-order valence-electron chi connectivity index (χ2n) is 5.54. The summed E-state index contributed by atoms with van der Waals surface area (Å²) in [5.41, 5.74) is 5.88. The van der Waals surface area contributed by atoms with E-state index in [-0.39, 0.29) is 17.7 Å². The van der Waals surface area contributed by atoms with Crippen LogP contribution in [-0.2, 0) is 0 Å². The van der Waals surface area contributed by atoms with Crippen LogP contribution in [0.1, 0.15) is 20.8 Å². The van der Waals surface area contributed by atoms with E-state index < -0.39 is 5.91 Å². The molecule has 2 aromatic rings. The molecule has 1 aliphatic rings. The maximum atomic E-state index is 12.6. The SMILES string of the molecule is COc1ccc(Br)c(C(=O)N2CC(Oc3ccnc(C(N)=O)c3)C2)c1. The molecule has 7 nitrogen and oxygen atoms in total. The van der Waals surface area contributed by atoms with Gasteiger partial charge < -0.3 is 20.1 Å². The molecule has 3 rings (SSSR count). The van der Waals surface area contributed by atoms with E-state index in [0.717, 1.165) is 0 Å². The van der Waals surface area contributed by atoms with Crippen LogP contribution >= 0.6 is 15.9 Å². The molecule has 1 aliphatic heterocycles. The van der Waals surface area contributed by atoms with E-state index in [1.807, 2.05) is 0 Å². The Balaban J connectivity index is 1.62.